The Balaban J connectivity index is 2.17. The first-order valence-corrected chi connectivity index (χ1v) is 6.45. The van der Waals surface area contributed by atoms with E-state index in [0.29, 0.717) is 37.8 Å². The quantitative estimate of drug-likeness (QED) is 0.668. The third kappa shape index (κ3) is 3.17. The second kappa shape index (κ2) is 5.52. The number of carbonyl (C=O) groups excluding carboxylic acids is 1. The molecular weight excluding hydrogens is 274 g/mol. The van der Waals surface area contributed by atoms with Gasteiger partial charge in [0.15, 0.2) is 5.78 Å². The fraction of sp³-hybridized carbons (Fsp3) is 0.500. The van der Waals surface area contributed by atoms with E-state index in [1.165, 1.54) is 0 Å². The minimum absolute atomic E-state index is 0.00373. The summed E-state index contributed by atoms with van der Waals surface area (Å²) in [5.41, 5.74) is 4.38. The van der Waals surface area contributed by atoms with Crippen LogP contribution in [-0.2, 0) is 6.18 Å². The van der Waals surface area contributed by atoms with Gasteiger partial charge < -0.3 is 5.73 Å². The number of carbonyl (C=O) groups is 1. The standard InChI is InChI=1S/C14H15F4NO/c15-12-7-9(3-6-11(12)14(16,17)18)13(20)8-1-4-10(19)5-2-8/h3,6-8,10H,1-2,4-5,19H2. The van der Waals surface area contributed by atoms with Crippen molar-refractivity contribution in [2.45, 2.75) is 37.9 Å². The van der Waals surface area contributed by atoms with E-state index in [4.69, 9.17) is 5.73 Å². The summed E-state index contributed by atoms with van der Waals surface area (Å²) in [6, 6.07) is 2.42. The summed E-state index contributed by atoms with van der Waals surface area (Å²) in [6.07, 6.45) is -2.13. The first-order valence-electron chi connectivity index (χ1n) is 6.45. The number of halogens is 4. The molecule has 1 saturated carbocycles. The van der Waals surface area contributed by atoms with Gasteiger partial charge in [0.1, 0.15) is 5.82 Å². The maximum absolute atomic E-state index is 13.4. The van der Waals surface area contributed by atoms with Crippen molar-refractivity contribution in [1.29, 1.82) is 0 Å². The van der Waals surface area contributed by atoms with E-state index in [1.807, 2.05) is 0 Å². The number of hydrogen-bond donors (Lipinski definition) is 1. The normalized spacial score (nSPS) is 23.6. The molecule has 2 rings (SSSR count). The van der Waals surface area contributed by atoms with Crippen LogP contribution in [0.4, 0.5) is 17.6 Å². The van der Waals surface area contributed by atoms with Gasteiger partial charge in [-0.15, -0.1) is 0 Å². The molecule has 1 aromatic carbocycles. The van der Waals surface area contributed by atoms with Gasteiger partial charge >= 0.3 is 6.18 Å². The molecule has 0 atom stereocenters. The summed E-state index contributed by atoms with van der Waals surface area (Å²) < 4.78 is 50.8. The van der Waals surface area contributed by atoms with Crippen LogP contribution >= 0.6 is 0 Å². The van der Waals surface area contributed by atoms with E-state index in [-0.39, 0.29) is 23.3 Å². The van der Waals surface area contributed by atoms with Crippen LogP contribution in [-0.4, -0.2) is 11.8 Å². The molecule has 6 heteroatoms. The second-order valence-electron chi connectivity index (χ2n) is 5.17. The van der Waals surface area contributed by atoms with Crippen LogP contribution in [0, 0.1) is 11.7 Å². The molecule has 0 spiro atoms. The molecule has 0 radical (unpaired) electrons. The highest BCUT2D eigenvalue weighted by atomic mass is 19.4. The van der Waals surface area contributed by atoms with E-state index < -0.39 is 17.6 Å². The third-order valence-corrected chi connectivity index (χ3v) is 3.70. The summed E-state index contributed by atoms with van der Waals surface area (Å²) in [6.45, 7) is 0. The SMILES string of the molecule is NC1CCC(C(=O)c2ccc(C(F)(F)F)c(F)c2)CC1. The van der Waals surface area contributed by atoms with E-state index in [2.05, 4.69) is 0 Å². The van der Waals surface area contributed by atoms with E-state index in [9.17, 15) is 22.4 Å². The van der Waals surface area contributed by atoms with Gasteiger partial charge in [-0.25, -0.2) is 4.39 Å². The molecule has 1 aliphatic carbocycles. The zero-order valence-electron chi connectivity index (χ0n) is 10.7. The molecule has 0 bridgehead atoms. The zero-order valence-corrected chi connectivity index (χ0v) is 10.7. The van der Waals surface area contributed by atoms with Crippen molar-refractivity contribution in [1.82, 2.24) is 0 Å². The lowest BCUT2D eigenvalue weighted by atomic mass is 9.82. The molecule has 1 aliphatic rings. The topological polar surface area (TPSA) is 43.1 Å². The van der Waals surface area contributed by atoms with E-state index in [0.717, 1.165) is 6.07 Å². The van der Waals surface area contributed by atoms with Crippen LogP contribution in [0.1, 0.15) is 41.6 Å². The Bertz CT molecular complexity index is 504. The van der Waals surface area contributed by atoms with Crippen LogP contribution in [0.3, 0.4) is 0 Å². The van der Waals surface area contributed by atoms with Gasteiger partial charge in [0.05, 0.1) is 5.56 Å². The van der Waals surface area contributed by atoms with Gasteiger partial charge in [-0.05, 0) is 37.8 Å². The molecule has 2 N–H and O–H groups in total. The molecule has 20 heavy (non-hydrogen) atoms. The Morgan fingerprint density at radius 3 is 2.25 bits per heavy atom. The molecule has 0 aliphatic heterocycles. The number of hydrogen-bond acceptors (Lipinski definition) is 2. The summed E-state index contributed by atoms with van der Waals surface area (Å²) in [4.78, 5) is 12.1. The van der Waals surface area contributed by atoms with Gasteiger partial charge in [-0.1, -0.05) is 6.07 Å². The monoisotopic (exact) mass is 289 g/mol. The van der Waals surface area contributed by atoms with Crippen LogP contribution in [0.5, 0.6) is 0 Å². The Morgan fingerprint density at radius 1 is 1.15 bits per heavy atom. The zero-order chi connectivity index (χ0) is 14.9. The average molecular weight is 289 g/mol. The summed E-state index contributed by atoms with van der Waals surface area (Å²) >= 11 is 0. The highest BCUT2D eigenvalue weighted by Crippen LogP contribution is 2.33. The first-order chi connectivity index (χ1) is 9.29. The number of rotatable bonds is 2. The molecule has 0 amide bonds. The van der Waals surface area contributed by atoms with Gasteiger partial charge in [0.2, 0.25) is 0 Å². The summed E-state index contributed by atoms with van der Waals surface area (Å²) in [5, 5.41) is 0. The molecule has 2 nitrogen and oxygen atoms in total. The van der Waals surface area contributed by atoms with Crippen molar-refractivity contribution in [3.63, 3.8) is 0 Å². The predicted octanol–water partition coefficient (Wildman–Crippen LogP) is 3.54. The minimum atomic E-state index is -4.75. The van der Waals surface area contributed by atoms with Crippen LogP contribution < -0.4 is 5.73 Å². The lowest BCUT2D eigenvalue weighted by Gasteiger charge is -2.25. The van der Waals surface area contributed by atoms with E-state index >= 15 is 0 Å². The molecular formula is C14H15F4NO. The van der Waals surface area contributed by atoms with Crippen LogP contribution in [0.25, 0.3) is 0 Å². The van der Waals surface area contributed by atoms with Crippen LogP contribution in [0.15, 0.2) is 18.2 Å². The molecule has 0 aromatic heterocycles. The van der Waals surface area contributed by atoms with Crippen molar-refractivity contribution < 1.29 is 22.4 Å². The number of ketones is 1. The first kappa shape index (κ1) is 15.0. The second-order valence-corrected chi connectivity index (χ2v) is 5.17. The molecule has 110 valence electrons. The number of benzene rings is 1. The van der Waals surface area contributed by atoms with Crippen molar-refractivity contribution in [3.05, 3.63) is 35.1 Å². The highest BCUT2D eigenvalue weighted by molar-refractivity contribution is 5.98. The Labute approximate surface area is 114 Å². The minimum Gasteiger partial charge on any atom is -0.328 e. The molecule has 0 heterocycles. The largest absolute Gasteiger partial charge is 0.419 e. The Morgan fingerprint density at radius 2 is 1.75 bits per heavy atom. The van der Waals surface area contributed by atoms with Crippen molar-refractivity contribution in [2.24, 2.45) is 11.7 Å². The smallest absolute Gasteiger partial charge is 0.328 e. The molecule has 0 unspecified atom stereocenters. The van der Waals surface area contributed by atoms with Gasteiger partial charge in [-0.2, -0.15) is 13.2 Å². The third-order valence-electron chi connectivity index (χ3n) is 3.70. The van der Waals surface area contributed by atoms with E-state index in [1.54, 1.807) is 0 Å². The van der Waals surface area contributed by atoms with Crippen molar-refractivity contribution in [3.8, 4) is 0 Å². The average Bonchev–Trinajstić information content (AvgIpc) is 2.37. The highest BCUT2D eigenvalue weighted by Gasteiger charge is 2.34. The molecule has 1 aromatic rings. The Hall–Kier alpha value is -1.43. The molecule has 0 saturated heterocycles. The number of alkyl halides is 3. The van der Waals surface area contributed by atoms with Gasteiger partial charge in [0.25, 0.3) is 0 Å². The maximum Gasteiger partial charge on any atom is 0.419 e. The van der Waals surface area contributed by atoms with Crippen molar-refractivity contribution >= 4 is 5.78 Å². The summed E-state index contributed by atoms with van der Waals surface area (Å²) in [5.74, 6) is -1.98. The number of Topliss-reactive ketones (excluding diaryl/α,β-unsaturated/α-hetero) is 1. The fourth-order valence-electron chi connectivity index (χ4n) is 2.52. The van der Waals surface area contributed by atoms with Gasteiger partial charge in [0, 0.05) is 17.5 Å². The lowest BCUT2D eigenvalue weighted by Crippen LogP contribution is -2.30. The summed E-state index contributed by atoms with van der Waals surface area (Å²) in [7, 11) is 0. The van der Waals surface area contributed by atoms with Crippen LogP contribution in [0.2, 0.25) is 0 Å². The lowest BCUT2D eigenvalue weighted by molar-refractivity contribution is -0.140. The molecule has 1 fully saturated rings. The van der Waals surface area contributed by atoms with Gasteiger partial charge in [-0.3, -0.25) is 4.79 Å². The Kier molecular flexibility index (Phi) is 4.13. The maximum atomic E-state index is 13.4. The predicted molar refractivity (Wildman–Crippen MR) is 65.7 cm³/mol. The fourth-order valence-corrected chi connectivity index (χ4v) is 2.52. The number of nitrogens with two attached hydrogens (primary N) is 1. The van der Waals surface area contributed by atoms with Crippen molar-refractivity contribution in [2.75, 3.05) is 0 Å².